The average Bonchev–Trinajstić information content (AvgIpc) is 2.89. The van der Waals surface area contributed by atoms with Crippen molar-refractivity contribution in [3.05, 3.63) is 48.8 Å². The first-order chi connectivity index (χ1) is 9.78. The molecule has 102 valence electrons. The second-order valence-electron chi connectivity index (χ2n) is 4.43. The molecule has 1 heterocycles. The lowest BCUT2D eigenvalue weighted by Gasteiger charge is -2.06. The van der Waals surface area contributed by atoms with Gasteiger partial charge < -0.3 is 15.6 Å². The molecule has 0 spiro atoms. The van der Waals surface area contributed by atoms with Crippen LogP contribution in [0.2, 0.25) is 0 Å². The predicted octanol–water partition coefficient (Wildman–Crippen LogP) is 1.98. The van der Waals surface area contributed by atoms with Crippen LogP contribution in [0.1, 0.15) is 0 Å². The summed E-state index contributed by atoms with van der Waals surface area (Å²) in [6, 6.07) is 13.3. The summed E-state index contributed by atoms with van der Waals surface area (Å²) in [5.74, 6) is 0.703. The molecule has 0 amide bonds. The van der Waals surface area contributed by atoms with Gasteiger partial charge in [0.2, 0.25) is 0 Å². The van der Waals surface area contributed by atoms with Gasteiger partial charge in [0.1, 0.15) is 18.7 Å². The van der Waals surface area contributed by atoms with Gasteiger partial charge in [0, 0.05) is 17.4 Å². The van der Waals surface area contributed by atoms with E-state index in [1.807, 2.05) is 47.0 Å². The molecule has 5 nitrogen and oxygen atoms in total. The molecule has 3 rings (SSSR count). The van der Waals surface area contributed by atoms with Crippen molar-refractivity contribution in [1.82, 2.24) is 9.55 Å². The number of fused-ring (bicyclic) bond motifs is 1. The summed E-state index contributed by atoms with van der Waals surface area (Å²) >= 11 is 0. The van der Waals surface area contributed by atoms with Crippen molar-refractivity contribution in [2.24, 2.45) is 0 Å². The second-order valence-corrected chi connectivity index (χ2v) is 4.43. The van der Waals surface area contributed by atoms with Crippen molar-refractivity contribution >= 4 is 16.7 Å². The van der Waals surface area contributed by atoms with E-state index >= 15 is 0 Å². The van der Waals surface area contributed by atoms with Crippen molar-refractivity contribution < 1.29 is 9.84 Å². The molecular formula is C15H15N3O2. The highest BCUT2D eigenvalue weighted by Crippen LogP contribution is 2.23. The number of nitrogens with two attached hydrogens (primary N) is 1. The Kier molecular flexibility index (Phi) is 3.26. The minimum absolute atomic E-state index is 0.00207. The molecule has 2 aromatic carbocycles. The van der Waals surface area contributed by atoms with Crippen molar-refractivity contribution in [3.63, 3.8) is 0 Å². The first kappa shape index (κ1) is 12.5. The van der Waals surface area contributed by atoms with Gasteiger partial charge in [-0.15, -0.1) is 0 Å². The van der Waals surface area contributed by atoms with Crippen molar-refractivity contribution in [2.75, 3.05) is 18.9 Å². The fraction of sp³-hybridized carbons (Fsp3) is 0.133. The Morgan fingerprint density at radius 3 is 2.70 bits per heavy atom. The SMILES string of the molecule is Nc1ccc(-n2cnc3cc(OCCO)ccc32)cc1. The van der Waals surface area contributed by atoms with Crippen molar-refractivity contribution in [3.8, 4) is 11.4 Å². The molecule has 0 atom stereocenters. The fourth-order valence-corrected chi connectivity index (χ4v) is 2.09. The van der Waals surface area contributed by atoms with Gasteiger partial charge in [-0.2, -0.15) is 0 Å². The van der Waals surface area contributed by atoms with Crippen molar-refractivity contribution in [2.45, 2.75) is 0 Å². The van der Waals surface area contributed by atoms with Gasteiger partial charge in [-0.1, -0.05) is 0 Å². The Balaban J connectivity index is 1.99. The van der Waals surface area contributed by atoms with Gasteiger partial charge in [-0.05, 0) is 36.4 Å². The Hall–Kier alpha value is -2.53. The molecular weight excluding hydrogens is 254 g/mol. The number of aromatic nitrogens is 2. The van der Waals surface area contributed by atoms with Crippen LogP contribution < -0.4 is 10.5 Å². The van der Waals surface area contributed by atoms with Crippen LogP contribution in [0.4, 0.5) is 5.69 Å². The summed E-state index contributed by atoms with van der Waals surface area (Å²) in [7, 11) is 0. The molecule has 3 N–H and O–H groups in total. The van der Waals surface area contributed by atoms with Gasteiger partial charge in [-0.25, -0.2) is 4.98 Å². The van der Waals surface area contributed by atoms with Crippen molar-refractivity contribution in [1.29, 1.82) is 0 Å². The minimum atomic E-state index is -0.00207. The molecule has 3 aromatic rings. The first-order valence-electron chi connectivity index (χ1n) is 6.34. The quantitative estimate of drug-likeness (QED) is 0.710. The van der Waals surface area contributed by atoms with E-state index in [4.69, 9.17) is 15.6 Å². The van der Waals surface area contributed by atoms with E-state index < -0.39 is 0 Å². The number of aliphatic hydroxyl groups excluding tert-OH is 1. The number of ether oxygens (including phenoxy) is 1. The molecule has 0 radical (unpaired) electrons. The van der Waals surface area contributed by atoms with E-state index in [9.17, 15) is 0 Å². The minimum Gasteiger partial charge on any atom is -0.491 e. The van der Waals surface area contributed by atoms with Crippen LogP contribution in [-0.2, 0) is 0 Å². The fourth-order valence-electron chi connectivity index (χ4n) is 2.09. The van der Waals surface area contributed by atoms with E-state index in [2.05, 4.69) is 4.98 Å². The molecule has 0 aliphatic rings. The van der Waals surface area contributed by atoms with Crippen LogP contribution in [0.3, 0.4) is 0 Å². The lowest BCUT2D eigenvalue weighted by atomic mass is 10.2. The summed E-state index contributed by atoms with van der Waals surface area (Å²) in [6.07, 6.45) is 1.77. The number of aliphatic hydroxyl groups is 1. The van der Waals surface area contributed by atoms with E-state index in [0.29, 0.717) is 5.75 Å². The number of rotatable bonds is 4. The third-order valence-electron chi connectivity index (χ3n) is 3.05. The molecule has 0 unspecified atom stereocenters. The Labute approximate surface area is 116 Å². The summed E-state index contributed by atoms with van der Waals surface area (Å²) in [6.45, 7) is 0.280. The van der Waals surface area contributed by atoms with Crippen LogP contribution in [0, 0.1) is 0 Å². The van der Waals surface area contributed by atoms with Gasteiger partial charge in [0.15, 0.2) is 0 Å². The van der Waals surface area contributed by atoms with Gasteiger partial charge in [0.05, 0.1) is 17.6 Å². The Bertz CT molecular complexity index is 720. The monoisotopic (exact) mass is 269 g/mol. The Morgan fingerprint density at radius 2 is 1.95 bits per heavy atom. The highest BCUT2D eigenvalue weighted by Gasteiger charge is 2.06. The smallest absolute Gasteiger partial charge is 0.121 e. The molecule has 1 aromatic heterocycles. The molecule has 0 saturated carbocycles. The van der Waals surface area contributed by atoms with Gasteiger partial charge in [-0.3, -0.25) is 4.57 Å². The summed E-state index contributed by atoms with van der Waals surface area (Å²) in [4.78, 5) is 4.38. The van der Waals surface area contributed by atoms with Gasteiger partial charge >= 0.3 is 0 Å². The van der Waals surface area contributed by atoms with E-state index in [0.717, 1.165) is 22.4 Å². The van der Waals surface area contributed by atoms with Crippen LogP contribution in [-0.4, -0.2) is 27.9 Å². The number of nitrogens with zero attached hydrogens (tertiary/aromatic N) is 2. The largest absolute Gasteiger partial charge is 0.491 e. The summed E-state index contributed by atoms with van der Waals surface area (Å²) in [5.41, 5.74) is 9.27. The molecule has 0 saturated heterocycles. The maximum Gasteiger partial charge on any atom is 0.121 e. The highest BCUT2D eigenvalue weighted by molar-refractivity contribution is 5.79. The average molecular weight is 269 g/mol. The molecule has 0 aliphatic heterocycles. The number of hydrogen-bond acceptors (Lipinski definition) is 4. The molecule has 0 fully saturated rings. The topological polar surface area (TPSA) is 73.3 Å². The molecule has 0 bridgehead atoms. The van der Waals surface area contributed by atoms with E-state index in [1.165, 1.54) is 0 Å². The van der Waals surface area contributed by atoms with Gasteiger partial charge in [0.25, 0.3) is 0 Å². The molecule has 20 heavy (non-hydrogen) atoms. The standard InChI is InChI=1S/C15H15N3O2/c16-11-1-3-12(4-2-11)18-10-17-14-9-13(20-8-7-19)5-6-15(14)18/h1-6,9-10,19H,7-8,16H2. The third-order valence-corrected chi connectivity index (χ3v) is 3.05. The first-order valence-corrected chi connectivity index (χ1v) is 6.34. The normalized spacial score (nSPS) is 10.8. The zero-order valence-electron chi connectivity index (χ0n) is 10.9. The summed E-state index contributed by atoms with van der Waals surface area (Å²) in [5, 5.41) is 8.76. The highest BCUT2D eigenvalue weighted by atomic mass is 16.5. The molecule has 0 aliphatic carbocycles. The number of anilines is 1. The number of benzene rings is 2. The molecule has 5 heteroatoms. The lowest BCUT2D eigenvalue weighted by molar-refractivity contribution is 0.201. The second kappa shape index (κ2) is 5.22. The number of hydrogen-bond donors (Lipinski definition) is 2. The number of imidazole rings is 1. The predicted molar refractivity (Wildman–Crippen MR) is 78.1 cm³/mol. The lowest BCUT2D eigenvalue weighted by Crippen LogP contribution is -2.01. The van der Waals surface area contributed by atoms with Crippen LogP contribution in [0.15, 0.2) is 48.8 Å². The zero-order valence-corrected chi connectivity index (χ0v) is 10.9. The maximum absolute atomic E-state index is 8.76. The van der Waals surface area contributed by atoms with E-state index in [-0.39, 0.29) is 13.2 Å². The van der Waals surface area contributed by atoms with E-state index in [1.54, 1.807) is 6.33 Å². The Morgan fingerprint density at radius 1 is 1.15 bits per heavy atom. The summed E-state index contributed by atoms with van der Waals surface area (Å²) < 4.78 is 7.37. The van der Waals surface area contributed by atoms with Crippen LogP contribution in [0.25, 0.3) is 16.7 Å². The van der Waals surface area contributed by atoms with Crippen LogP contribution in [0.5, 0.6) is 5.75 Å². The maximum atomic E-state index is 8.76. The van der Waals surface area contributed by atoms with Crippen LogP contribution >= 0.6 is 0 Å². The zero-order chi connectivity index (χ0) is 13.9. The number of nitrogen functional groups attached to an aromatic ring is 1. The third kappa shape index (κ3) is 2.31.